The second-order valence-corrected chi connectivity index (χ2v) is 7.21. The third-order valence-electron chi connectivity index (χ3n) is 3.79. The largest absolute Gasteiger partial charge is 0.487 e. The molecular weight excluding hydrogens is 310 g/mol. The van der Waals surface area contributed by atoms with Crippen LogP contribution >= 0.6 is 11.3 Å². The van der Waals surface area contributed by atoms with Crippen molar-refractivity contribution in [1.29, 1.82) is 0 Å². The lowest BCUT2D eigenvalue weighted by Gasteiger charge is -2.37. The number of ether oxygens (including phenoxy) is 1. The number of amides is 2. The summed E-state index contributed by atoms with van der Waals surface area (Å²) in [5, 5.41) is 8.94. The van der Waals surface area contributed by atoms with Gasteiger partial charge in [0, 0.05) is 36.5 Å². The van der Waals surface area contributed by atoms with E-state index >= 15 is 0 Å². The molecule has 1 aliphatic heterocycles. The van der Waals surface area contributed by atoms with Crippen LogP contribution < -0.4 is 15.4 Å². The summed E-state index contributed by atoms with van der Waals surface area (Å²) in [4.78, 5) is 16.4. The summed E-state index contributed by atoms with van der Waals surface area (Å²) in [7, 11) is 0. The van der Waals surface area contributed by atoms with E-state index < -0.39 is 0 Å². The Balaban J connectivity index is 1.59. The third kappa shape index (κ3) is 4.01. The van der Waals surface area contributed by atoms with Crippen molar-refractivity contribution in [1.82, 2.24) is 15.6 Å². The Kier molecular flexibility index (Phi) is 4.52. The number of fused-ring (bicyclic) bond motifs is 1. The molecule has 2 aromatic rings. The van der Waals surface area contributed by atoms with Crippen LogP contribution in [0.1, 0.15) is 36.9 Å². The van der Waals surface area contributed by atoms with Gasteiger partial charge in [0.25, 0.3) is 0 Å². The first kappa shape index (κ1) is 15.8. The van der Waals surface area contributed by atoms with Crippen LogP contribution in [0.15, 0.2) is 35.8 Å². The molecule has 122 valence electrons. The summed E-state index contributed by atoms with van der Waals surface area (Å²) >= 11 is 1.60. The van der Waals surface area contributed by atoms with Gasteiger partial charge in [-0.05, 0) is 19.9 Å². The van der Waals surface area contributed by atoms with Crippen molar-refractivity contribution in [2.24, 2.45) is 0 Å². The molecule has 1 atom stereocenters. The second kappa shape index (κ2) is 6.58. The van der Waals surface area contributed by atoms with Gasteiger partial charge < -0.3 is 15.4 Å². The maximum Gasteiger partial charge on any atom is 0.315 e. The minimum absolute atomic E-state index is 0.0465. The van der Waals surface area contributed by atoms with Crippen molar-refractivity contribution in [2.45, 2.75) is 38.3 Å². The van der Waals surface area contributed by atoms with Gasteiger partial charge in [0.05, 0.1) is 11.0 Å². The molecule has 0 saturated carbocycles. The van der Waals surface area contributed by atoms with Crippen LogP contribution in [0, 0.1) is 0 Å². The molecule has 1 aromatic heterocycles. The number of urea groups is 1. The van der Waals surface area contributed by atoms with Crippen LogP contribution in [0.5, 0.6) is 5.75 Å². The Morgan fingerprint density at radius 1 is 1.43 bits per heavy atom. The Morgan fingerprint density at radius 3 is 3.04 bits per heavy atom. The molecule has 0 spiro atoms. The van der Waals surface area contributed by atoms with Gasteiger partial charge in [-0.2, -0.15) is 0 Å². The van der Waals surface area contributed by atoms with E-state index in [9.17, 15) is 4.79 Å². The van der Waals surface area contributed by atoms with E-state index in [0.717, 1.165) is 29.2 Å². The number of thiazole rings is 1. The van der Waals surface area contributed by atoms with Gasteiger partial charge in [0.1, 0.15) is 11.4 Å². The molecule has 5 nitrogen and oxygen atoms in total. The maximum absolute atomic E-state index is 12.2. The molecule has 0 bridgehead atoms. The van der Waals surface area contributed by atoms with E-state index in [0.29, 0.717) is 6.54 Å². The highest BCUT2D eigenvalue weighted by atomic mass is 32.1. The summed E-state index contributed by atoms with van der Waals surface area (Å²) in [5.41, 5.74) is 0.731. The van der Waals surface area contributed by atoms with Crippen molar-refractivity contribution in [3.8, 4) is 5.75 Å². The van der Waals surface area contributed by atoms with Gasteiger partial charge in [-0.15, -0.1) is 11.3 Å². The SMILES string of the molecule is CC1(C)CC(NC(=O)NCCc2nccs2)c2ccccc2O1. The molecule has 0 aliphatic carbocycles. The van der Waals surface area contributed by atoms with Crippen LogP contribution in [-0.2, 0) is 6.42 Å². The van der Waals surface area contributed by atoms with Crippen molar-refractivity contribution in [3.05, 3.63) is 46.4 Å². The second-order valence-electron chi connectivity index (χ2n) is 6.23. The van der Waals surface area contributed by atoms with E-state index in [1.165, 1.54) is 0 Å². The summed E-state index contributed by atoms with van der Waals surface area (Å²) in [5.74, 6) is 0.844. The molecule has 0 radical (unpaired) electrons. The van der Waals surface area contributed by atoms with Crippen LogP contribution in [0.4, 0.5) is 4.79 Å². The predicted molar refractivity (Wildman–Crippen MR) is 90.9 cm³/mol. The highest BCUT2D eigenvalue weighted by Gasteiger charge is 2.34. The molecule has 3 rings (SSSR count). The average Bonchev–Trinajstić information content (AvgIpc) is 2.99. The Labute approximate surface area is 140 Å². The van der Waals surface area contributed by atoms with Gasteiger partial charge in [-0.1, -0.05) is 18.2 Å². The minimum Gasteiger partial charge on any atom is -0.487 e. The van der Waals surface area contributed by atoms with Gasteiger partial charge >= 0.3 is 6.03 Å². The molecule has 2 heterocycles. The number of hydrogen-bond donors (Lipinski definition) is 2. The van der Waals surface area contributed by atoms with Crippen LogP contribution in [0.2, 0.25) is 0 Å². The smallest absolute Gasteiger partial charge is 0.315 e. The number of rotatable bonds is 4. The van der Waals surface area contributed by atoms with Crippen molar-refractivity contribution < 1.29 is 9.53 Å². The first-order valence-electron chi connectivity index (χ1n) is 7.74. The van der Waals surface area contributed by atoms with Gasteiger partial charge in [-0.25, -0.2) is 9.78 Å². The lowest BCUT2D eigenvalue weighted by Crippen LogP contribution is -2.44. The first-order chi connectivity index (χ1) is 11.0. The molecular formula is C17H21N3O2S. The number of carbonyl (C=O) groups excluding carboxylic acids is 1. The fraction of sp³-hybridized carbons (Fsp3) is 0.412. The number of benzene rings is 1. The quantitative estimate of drug-likeness (QED) is 0.903. The molecule has 2 amide bonds. The van der Waals surface area contributed by atoms with Crippen molar-refractivity contribution in [3.63, 3.8) is 0 Å². The number of para-hydroxylation sites is 1. The first-order valence-corrected chi connectivity index (χ1v) is 8.62. The molecule has 0 saturated heterocycles. The van der Waals surface area contributed by atoms with E-state index in [1.54, 1.807) is 17.5 Å². The summed E-state index contributed by atoms with van der Waals surface area (Å²) in [6, 6.07) is 7.67. The highest BCUT2D eigenvalue weighted by Crippen LogP contribution is 2.39. The maximum atomic E-state index is 12.2. The normalized spacial score (nSPS) is 18.6. The van der Waals surface area contributed by atoms with Crippen LogP contribution in [-0.4, -0.2) is 23.2 Å². The molecule has 6 heteroatoms. The summed E-state index contributed by atoms with van der Waals surface area (Å²) in [6.45, 7) is 4.66. The number of aromatic nitrogens is 1. The van der Waals surface area contributed by atoms with E-state index in [2.05, 4.69) is 15.6 Å². The molecule has 0 fully saturated rings. The fourth-order valence-electron chi connectivity index (χ4n) is 2.80. The van der Waals surface area contributed by atoms with E-state index in [4.69, 9.17) is 4.74 Å². The van der Waals surface area contributed by atoms with Crippen LogP contribution in [0.3, 0.4) is 0 Å². The monoisotopic (exact) mass is 331 g/mol. The van der Waals surface area contributed by atoms with E-state index in [1.807, 2.05) is 43.5 Å². The zero-order valence-corrected chi connectivity index (χ0v) is 14.2. The number of hydrogen-bond acceptors (Lipinski definition) is 4. The summed E-state index contributed by atoms with van der Waals surface area (Å²) in [6.07, 6.45) is 3.27. The number of carbonyl (C=O) groups is 1. The topological polar surface area (TPSA) is 63.2 Å². The lowest BCUT2D eigenvalue weighted by molar-refractivity contribution is 0.0679. The number of nitrogens with one attached hydrogen (secondary N) is 2. The Bertz CT molecular complexity index is 670. The molecule has 1 aromatic carbocycles. The molecule has 23 heavy (non-hydrogen) atoms. The molecule has 1 unspecified atom stereocenters. The highest BCUT2D eigenvalue weighted by molar-refractivity contribution is 7.09. The lowest BCUT2D eigenvalue weighted by atomic mass is 9.90. The zero-order chi connectivity index (χ0) is 16.3. The van der Waals surface area contributed by atoms with Gasteiger partial charge in [0.2, 0.25) is 0 Å². The molecule has 1 aliphatic rings. The Hall–Kier alpha value is -2.08. The van der Waals surface area contributed by atoms with E-state index in [-0.39, 0.29) is 17.7 Å². The predicted octanol–water partition coefficient (Wildman–Crippen LogP) is 3.29. The zero-order valence-electron chi connectivity index (χ0n) is 13.3. The molecule has 2 N–H and O–H groups in total. The van der Waals surface area contributed by atoms with Crippen molar-refractivity contribution in [2.75, 3.05) is 6.54 Å². The van der Waals surface area contributed by atoms with Crippen LogP contribution in [0.25, 0.3) is 0 Å². The average molecular weight is 331 g/mol. The van der Waals surface area contributed by atoms with Crippen molar-refractivity contribution >= 4 is 17.4 Å². The standard InChI is InChI=1S/C17H21N3O2S/c1-17(2)11-13(12-5-3-4-6-14(12)22-17)20-16(21)19-8-7-15-18-9-10-23-15/h3-6,9-10,13H,7-8,11H2,1-2H3,(H2,19,20,21). The Morgan fingerprint density at radius 2 is 2.26 bits per heavy atom. The number of nitrogens with zero attached hydrogens (tertiary/aromatic N) is 1. The van der Waals surface area contributed by atoms with Gasteiger partial charge in [0.15, 0.2) is 0 Å². The minimum atomic E-state index is -0.298. The fourth-order valence-corrected chi connectivity index (χ4v) is 3.42. The summed E-state index contributed by atoms with van der Waals surface area (Å²) < 4.78 is 5.98. The third-order valence-corrected chi connectivity index (χ3v) is 4.63. The van der Waals surface area contributed by atoms with Gasteiger partial charge in [-0.3, -0.25) is 0 Å².